The Bertz CT molecular complexity index is 180. The Morgan fingerprint density at radius 3 is 2.40 bits per heavy atom. The molecule has 0 bridgehead atoms. The topological polar surface area (TPSA) is 62.0 Å². The van der Waals surface area contributed by atoms with Crippen LogP contribution < -0.4 is 0 Å². The third kappa shape index (κ3) is 1.52. The lowest BCUT2D eigenvalue weighted by molar-refractivity contribution is -0.147. The molecule has 0 amide bonds. The van der Waals surface area contributed by atoms with Gasteiger partial charge in [0.15, 0.2) is 6.17 Å². The first-order valence-electron chi connectivity index (χ1n) is 3.16. The highest BCUT2D eigenvalue weighted by Crippen LogP contribution is 2.29. The van der Waals surface area contributed by atoms with E-state index >= 15 is 0 Å². The van der Waals surface area contributed by atoms with Gasteiger partial charge in [-0.05, 0) is 13.8 Å². The molecule has 4 nitrogen and oxygen atoms in total. The van der Waals surface area contributed by atoms with Gasteiger partial charge in [-0.2, -0.15) is 10.2 Å². The normalized spacial score (nSPS) is 17.4. The van der Waals surface area contributed by atoms with E-state index in [-0.39, 0.29) is 6.17 Å². The molecule has 4 heteroatoms. The monoisotopic (exact) mass is 142 g/mol. The molecule has 0 spiro atoms. The van der Waals surface area contributed by atoms with Crippen molar-refractivity contribution in [3.05, 3.63) is 0 Å². The number of aliphatic carboxylic acids is 1. The number of nitrogens with zero attached hydrogens (tertiary/aromatic N) is 2. The van der Waals surface area contributed by atoms with Crippen molar-refractivity contribution < 1.29 is 9.90 Å². The van der Waals surface area contributed by atoms with E-state index in [0.29, 0.717) is 6.42 Å². The summed E-state index contributed by atoms with van der Waals surface area (Å²) in [6.07, 6.45) is 0.466. The van der Waals surface area contributed by atoms with Crippen LogP contribution >= 0.6 is 0 Å². The Labute approximate surface area is 59.0 Å². The lowest BCUT2D eigenvalue weighted by Crippen LogP contribution is -2.25. The Balaban J connectivity index is 2.41. The number of carboxylic acids is 1. The maximum atomic E-state index is 10.5. The highest BCUT2D eigenvalue weighted by atomic mass is 16.4. The van der Waals surface area contributed by atoms with Gasteiger partial charge in [-0.3, -0.25) is 4.79 Å². The van der Waals surface area contributed by atoms with Crippen LogP contribution in [-0.4, -0.2) is 17.2 Å². The van der Waals surface area contributed by atoms with Crippen LogP contribution in [0.3, 0.4) is 0 Å². The van der Waals surface area contributed by atoms with Gasteiger partial charge >= 0.3 is 5.97 Å². The molecular weight excluding hydrogens is 132 g/mol. The van der Waals surface area contributed by atoms with E-state index in [1.54, 1.807) is 13.8 Å². The molecule has 0 aliphatic carbocycles. The molecule has 1 rings (SSSR count). The maximum Gasteiger partial charge on any atom is 0.309 e. The molecule has 0 saturated carbocycles. The highest BCUT2D eigenvalue weighted by molar-refractivity contribution is 5.73. The fourth-order valence-electron chi connectivity index (χ4n) is 0.673. The van der Waals surface area contributed by atoms with Crippen LogP contribution in [0, 0.1) is 5.41 Å². The molecule has 0 fully saturated rings. The van der Waals surface area contributed by atoms with Crippen molar-refractivity contribution in [3.63, 3.8) is 0 Å². The first kappa shape index (κ1) is 7.18. The Kier molecular flexibility index (Phi) is 1.46. The van der Waals surface area contributed by atoms with Gasteiger partial charge in [-0.15, -0.1) is 0 Å². The van der Waals surface area contributed by atoms with Gasteiger partial charge in [0.05, 0.1) is 5.41 Å². The SMILES string of the molecule is CC(C)(CC1N=N1)C(=O)O. The summed E-state index contributed by atoms with van der Waals surface area (Å²) >= 11 is 0. The van der Waals surface area contributed by atoms with Gasteiger partial charge in [0.1, 0.15) is 0 Å². The molecule has 1 heterocycles. The summed E-state index contributed by atoms with van der Waals surface area (Å²) in [7, 11) is 0. The largest absolute Gasteiger partial charge is 0.481 e. The van der Waals surface area contributed by atoms with Crippen molar-refractivity contribution in [2.45, 2.75) is 26.4 Å². The van der Waals surface area contributed by atoms with Gasteiger partial charge in [0.2, 0.25) is 0 Å². The van der Waals surface area contributed by atoms with Crippen molar-refractivity contribution in [2.24, 2.45) is 15.6 Å². The van der Waals surface area contributed by atoms with Crippen molar-refractivity contribution in [1.82, 2.24) is 0 Å². The van der Waals surface area contributed by atoms with Crippen molar-refractivity contribution in [2.75, 3.05) is 0 Å². The lowest BCUT2D eigenvalue weighted by Gasteiger charge is -2.15. The third-order valence-electron chi connectivity index (χ3n) is 1.55. The molecule has 0 radical (unpaired) electrons. The number of carboxylic acid groups (broad SMARTS) is 1. The van der Waals surface area contributed by atoms with Crippen molar-refractivity contribution in [3.8, 4) is 0 Å². The van der Waals surface area contributed by atoms with E-state index < -0.39 is 11.4 Å². The fraction of sp³-hybridized carbons (Fsp3) is 0.833. The second kappa shape index (κ2) is 2.04. The standard InChI is InChI=1S/C6H10N2O2/c1-6(2,5(9)10)3-4-7-8-4/h4H,3H2,1-2H3,(H,9,10). The number of carbonyl (C=O) groups is 1. The second-order valence-electron chi connectivity index (χ2n) is 3.10. The molecule has 0 unspecified atom stereocenters. The van der Waals surface area contributed by atoms with E-state index in [1.807, 2.05) is 0 Å². The van der Waals surface area contributed by atoms with Crippen LogP contribution in [0.5, 0.6) is 0 Å². The summed E-state index contributed by atoms with van der Waals surface area (Å²) in [5.41, 5.74) is -0.686. The Hall–Kier alpha value is -0.930. The summed E-state index contributed by atoms with van der Waals surface area (Å²) < 4.78 is 0. The van der Waals surface area contributed by atoms with Gasteiger partial charge in [-0.25, -0.2) is 0 Å². The molecule has 0 aromatic carbocycles. The minimum atomic E-state index is -0.787. The molecule has 0 saturated heterocycles. The van der Waals surface area contributed by atoms with Crippen LogP contribution in [0.1, 0.15) is 20.3 Å². The smallest absolute Gasteiger partial charge is 0.309 e. The van der Waals surface area contributed by atoms with E-state index in [0.717, 1.165) is 0 Å². The Morgan fingerprint density at radius 2 is 2.10 bits per heavy atom. The quantitative estimate of drug-likeness (QED) is 0.645. The first-order chi connectivity index (χ1) is 4.52. The summed E-state index contributed by atoms with van der Waals surface area (Å²) in [6, 6.07) is 0. The van der Waals surface area contributed by atoms with Crippen LogP contribution in [0.2, 0.25) is 0 Å². The van der Waals surface area contributed by atoms with Crippen molar-refractivity contribution in [1.29, 1.82) is 0 Å². The van der Waals surface area contributed by atoms with E-state index in [9.17, 15) is 4.79 Å². The molecule has 1 aliphatic rings. The average molecular weight is 142 g/mol. The van der Waals surface area contributed by atoms with Crippen LogP contribution in [0.25, 0.3) is 0 Å². The predicted octanol–water partition coefficient (Wildman–Crippen LogP) is 1.28. The maximum absolute atomic E-state index is 10.5. The molecule has 1 aliphatic heterocycles. The van der Waals surface area contributed by atoms with Crippen molar-refractivity contribution >= 4 is 5.97 Å². The minimum Gasteiger partial charge on any atom is -0.481 e. The zero-order valence-corrected chi connectivity index (χ0v) is 6.03. The van der Waals surface area contributed by atoms with Gasteiger partial charge in [0.25, 0.3) is 0 Å². The molecule has 0 aromatic heterocycles. The summed E-state index contributed by atoms with van der Waals surface area (Å²) in [5.74, 6) is -0.787. The molecule has 56 valence electrons. The van der Waals surface area contributed by atoms with Crippen LogP contribution in [0.15, 0.2) is 10.2 Å². The molecule has 1 N–H and O–H groups in total. The van der Waals surface area contributed by atoms with E-state index in [1.165, 1.54) is 0 Å². The Morgan fingerprint density at radius 1 is 1.60 bits per heavy atom. The summed E-state index contributed by atoms with van der Waals surface area (Å²) in [5, 5.41) is 15.9. The van der Waals surface area contributed by atoms with Gasteiger partial charge in [0, 0.05) is 6.42 Å². The minimum absolute atomic E-state index is 0.0499. The highest BCUT2D eigenvalue weighted by Gasteiger charge is 2.33. The first-order valence-corrected chi connectivity index (χ1v) is 3.16. The zero-order valence-electron chi connectivity index (χ0n) is 6.03. The molecular formula is C6H10N2O2. The molecule has 0 aromatic rings. The number of hydrogen-bond acceptors (Lipinski definition) is 3. The zero-order chi connectivity index (χ0) is 7.78. The van der Waals surface area contributed by atoms with Gasteiger partial charge < -0.3 is 5.11 Å². The van der Waals surface area contributed by atoms with E-state index in [2.05, 4.69) is 10.2 Å². The van der Waals surface area contributed by atoms with E-state index in [4.69, 9.17) is 5.11 Å². The fourth-order valence-corrected chi connectivity index (χ4v) is 0.673. The molecule has 10 heavy (non-hydrogen) atoms. The summed E-state index contributed by atoms with van der Waals surface area (Å²) in [4.78, 5) is 10.5. The number of rotatable bonds is 3. The molecule has 0 atom stereocenters. The van der Waals surface area contributed by atoms with Crippen LogP contribution in [0.4, 0.5) is 0 Å². The third-order valence-corrected chi connectivity index (χ3v) is 1.55. The second-order valence-corrected chi connectivity index (χ2v) is 3.10. The lowest BCUT2D eigenvalue weighted by atomic mass is 9.89. The summed E-state index contributed by atoms with van der Waals surface area (Å²) in [6.45, 7) is 3.36. The van der Waals surface area contributed by atoms with Gasteiger partial charge in [-0.1, -0.05) is 0 Å². The average Bonchev–Trinajstić information content (AvgIpc) is 2.48. The number of hydrogen-bond donors (Lipinski definition) is 1. The predicted molar refractivity (Wildman–Crippen MR) is 34.7 cm³/mol. The van der Waals surface area contributed by atoms with Crippen LogP contribution in [-0.2, 0) is 4.79 Å².